The highest BCUT2D eigenvalue weighted by Gasteiger charge is 1.97. The summed E-state index contributed by atoms with van der Waals surface area (Å²) in [5.74, 6) is 0. The third-order valence-corrected chi connectivity index (χ3v) is 2.26. The van der Waals surface area contributed by atoms with E-state index in [-0.39, 0.29) is 0 Å². The van der Waals surface area contributed by atoms with Crippen molar-refractivity contribution < 1.29 is 0 Å². The quantitative estimate of drug-likeness (QED) is 0.722. The van der Waals surface area contributed by atoms with Gasteiger partial charge in [-0.1, -0.05) is 19.1 Å². The Kier molecular flexibility index (Phi) is 4.40. The molecule has 0 aliphatic carbocycles. The van der Waals surface area contributed by atoms with Gasteiger partial charge in [0.1, 0.15) is 0 Å². The Balaban J connectivity index is 2.40. The molecule has 0 bridgehead atoms. The van der Waals surface area contributed by atoms with Gasteiger partial charge in [0.2, 0.25) is 0 Å². The van der Waals surface area contributed by atoms with Crippen LogP contribution in [-0.4, -0.2) is 22.9 Å². The monoisotopic (exact) mass is 193 g/mol. The summed E-state index contributed by atoms with van der Waals surface area (Å²) in [6, 6.07) is 0. The van der Waals surface area contributed by atoms with E-state index in [4.69, 9.17) is 0 Å². The highest BCUT2D eigenvalue weighted by atomic mass is 15.3. The van der Waals surface area contributed by atoms with Crippen molar-refractivity contribution in [3.05, 3.63) is 23.5 Å². The number of hydrogen-bond donors (Lipinski definition) is 1. The van der Waals surface area contributed by atoms with E-state index in [1.807, 2.05) is 17.9 Å². The van der Waals surface area contributed by atoms with E-state index in [1.165, 1.54) is 17.7 Å². The van der Waals surface area contributed by atoms with Gasteiger partial charge in [0.25, 0.3) is 0 Å². The van der Waals surface area contributed by atoms with E-state index >= 15 is 0 Å². The van der Waals surface area contributed by atoms with Gasteiger partial charge in [-0.15, -0.1) is 0 Å². The first-order chi connectivity index (χ1) is 6.75. The fourth-order valence-corrected chi connectivity index (χ4v) is 1.23. The molecule has 1 aromatic rings. The third kappa shape index (κ3) is 3.00. The smallest absolute Gasteiger partial charge is 0.0564 e. The number of rotatable bonds is 5. The van der Waals surface area contributed by atoms with Crippen LogP contribution in [0.25, 0.3) is 6.08 Å². The minimum absolute atomic E-state index is 0.933. The molecule has 0 aliphatic rings. The van der Waals surface area contributed by atoms with Crippen molar-refractivity contribution in [1.82, 2.24) is 15.1 Å². The molecule has 0 aromatic carbocycles. The molecular weight excluding hydrogens is 174 g/mol. The summed E-state index contributed by atoms with van der Waals surface area (Å²) in [4.78, 5) is 0. The van der Waals surface area contributed by atoms with Crippen LogP contribution < -0.4 is 5.32 Å². The second kappa shape index (κ2) is 5.60. The van der Waals surface area contributed by atoms with Crippen LogP contribution in [0.5, 0.6) is 0 Å². The van der Waals surface area contributed by atoms with Gasteiger partial charge >= 0.3 is 0 Å². The van der Waals surface area contributed by atoms with Gasteiger partial charge < -0.3 is 5.32 Å². The molecule has 1 rings (SSSR count). The molecule has 3 nitrogen and oxygen atoms in total. The third-order valence-electron chi connectivity index (χ3n) is 2.26. The van der Waals surface area contributed by atoms with E-state index in [1.54, 1.807) is 0 Å². The fourth-order valence-electron chi connectivity index (χ4n) is 1.23. The first kappa shape index (κ1) is 11.0. The van der Waals surface area contributed by atoms with Gasteiger partial charge in [-0.3, -0.25) is 4.68 Å². The predicted molar refractivity (Wildman–Crippen MR) is 60.1 cm³/mol. The maximum Gasteiger partial charge on any atom is 0.0564 e. The Morgan fingerprint density at radius 3 is 2.93 bits per heavy atom. The number of aryl methyl sites for hydroxylation is 1. The molecule has 0 unspecified atom stereocenters. The van der Waals surface area contributed by atoms with E-state index in [9.17, 15) is 0 Å². The van der Waals surface area contributed by atoms with E-state index in [0.29, 0.717) is 0 Å². The molecule has 1 N–H and O–H groups in total. The largest absolute Gasteiger partial charge is 0.313 e. The molecule has 1 heterocycles. The van der Waals surface area contributed by atoms with Crippen LogP contribution in [0.15, 0.2) is 12.3 Å². The molecule has 1 aromatic heterocycles. The Bertz CT molecular complexity index is 299. The molecule has 0 atom stereocenters. The normalized spacial score (nSPS) is 11.4. The Labute approximate surface area is 85.8 Å². The second-order valence-corrected chi connectivity index (χ2v) is 3.42. The van der Waals surface area contributed by atoms with Crippen LogP contribution in [-0.2, 0) is 7.05 Å². The number of aromatic nitrogens is 2. The highest BCUT2D eigenvalue weighted by molar-refractivity contribution is 5.50. The first-order valence-electron chi connectivity index (χ1n) is 5.11. The SMILES string of the molecule is CCCNCC=Cc1cnn(C)c1C. The zero-order chi connectivity index (χ0) is 10.4. The lowest BCUT2D eigenvalue weighted by atomic mass is 10.2. The molecule has 0 aliphatic heterocycles. The molecule has 0 saturated heterocycles. The maximum absolute atomic E-state index is 4.18. The summed E-state index contributed by atoms with van der Waals surface area (Å²) in [5, 5.41) is 7.49. The van der Waals surface area contributed by atoms with E-state index in [2.05, 4.69) is 36.4 Å². The van der Waals surface area contributed by atoms with Crippen LogP contribution in [0.3, 0.4) is 0 Å². The molecular formula is C11H19N3. The molecule has 0 amide bonds. The lowest BCUT2D eigenvalue weighted by molar-refractivity contribution is 0.730. The van der Waals surface area contributed by atoms with E-state index in [0.717, 1.165) is 13.1 Å². The summed E-state index contributed by atoms with van der Waals surface area (Å²) < 4.78 is 1.89. The van der Waals surface area contributed by atoms with Gasteiger partial charge in [0, 0.05) is 24.8 Å². The summed E-state index contributed by atoms with van der Waals surface area (Å²) in [6.45, 7) is 6.26. The summed E-state index contributed by atoms with van der Waals surface area (Å²) in [6.07, 6.45) is 7.33. The van der Waals surface area contributed by atoms with Gasteiger partial charge in [-0.2, -0.15) is 5.10 Å². The topological polar surface area (TPSA) is 29.9 Å². The molecule has 14 heavy (non-hydrogen) atoms. The summed E-state index contributed by atoms with van der Waals surface area (Å²) in [7, 11) is 1.96. The van der Waals surface area contributed by atoms with Crippen LogP contribution in [0.2, 0.25) is 0 Å². The lowest BCUT2D eigenvalue weighted by Crippen LogP contribution is -2.13. The van der Waals surface area contributed by atoms with Gasteiger partial charge in [-0.05, 0) is 19.9 Å². The van der Waals surface area contributed by atoms with Gasteiger partial charge in [0.05, 0.1) is 6.20 Å². The van der Waals surface area contributed by atoms with Crippen LogP contribution in [0.1, 0.15) is 24.6 Å². The maximum atomic E-state index is 4.18. The Morgan fingerprint density at radius 2 is 2.36 bits per heavy atom. The lowest BCUT2D eigenvalue weighted by Gasteiger charge is -1.96. The number of nitrogens with one attached hydrogen (secondary N) is 1. The predicted octanol–water partition coefficient (Wildman–Crippen LogP) is 1.74. The second-order valence-electron chi connectivity index (χ2n) is 3.42. The van der Waals surface area contributed by atoms with Crippen molar-refractivity contribution in [3.63, 3.8) is 0 Å². The Morgan fingerprint density at radius 1 is 1.57 bits per heavy atom. The average molecular weight is 193 g/mol. The highest BCUT2D eigenvalue weighted by Crippen LogP contribution is 2.06. The molecule has 3 heteroatoms. The zero-order valence-corrected chi connectivity index (χ0v) is 9.25. The van der Waals surface area contributed by atoms with Crippen molar-refractivity contribution >= 4 is 6.08 Å². The molecule has 0 saturated carbocycles. The average Bonchev–Trinajstić information content (AvgIpc) is 2.49. The van der Waals surface area contributed by atoms with Crippen LogP contribution in [0.4, 0.5) is 0 Å². The van der Waals surface area contributed by atoms with Crippen molar-refractivity contribution in [2.75, 3.05) is 13.1 Å². The fraction of sp³-hybridized carbons (Fsp3) is 0.545. The van der Waals surface area contributed by atoms with Crippen LogP contribution in [0, 0.1) is 6.92 Å². The van der Waals surface area contributed by atoms with E-state index < -0.39 is 0 Å². The van der Waals surface area contributed by atoms with Crippen molar-refractivity contribution in [2.45, 2.75) is 20.3 Å². The van der Waals surface area contributed by atoms with Gasteiger partial charge in [0.15, 0.2) is 0 Å². The van der Waals surface area contributed by atoms with Crippen molar-refractivity contribution in [3.8, 4) is 0 Å². The number of nitrogens with zero attached hydrogens (tertiary/aromatic N) is 2. The molecule has 0 spiro atoms. The van der Waals surface area contributed by atoms with Crippen molar-refractivity contribution in [2.24, 2.45) is 7.05 Å². The van der Waals surface area contributed by atoms with Crippen LogP contribution >= 0.6 is 0 Å². The standard InChI is InChI=1S/C11H19N3/c1-4-7-12-8-5-6-11-9-13-14(3)10(11)2/h5-6,9,12H,4,7-8H2,1-3H3. The number of hydrogen-bond acceptors (Lipinski definition) is 2. The molecule has 0 fully saturated rings. The Hall–Kier alpha value is -1.09. The van der Waals surface area contributed by atoms with Crippen molar-refractivity contribution in [1.29, 1.82) is 0 Å². The summed E-state index contributed by atoms with van der Waals surface area (Å²) >= 11 is 0. The zero-order valence-electron chi connectivity index (χ0n) is 9.25. The molecule has 0 radical (unpaired) electrons. The molecule has 78 valence electrons. The minimum Gasteiger partial charge on any atom is -0.313 e. The minimum atomic E-state index is 0.933. The summed E-state index contributed by atoms with van der Waals surface area (Å²) in [5.41, 5.74) is 2.41. The van der Waals surface area contributed by atoms with Gasteiger partial charge in [-0.25, -0.2) is 0 Å². The first-order valence-corrected chi connectivity index (χ1v) is 5.11.